The summed E-state index contributed by atoms with van der Waals surface area (Å²) in [6.07, 6.45) is -0.122. The Labute approximate surface area is 149 Å². The highest BCUT2D eigenvalue weighted by molar-refractivity contribution is 7.88. The Bertz CT molecular complexity index is 751. The van der Waals surface area contributed by atoms with Crippen LogP contribution in [-0.2, 0) is 27.1 Å². The third-order valence-electron chi connectivity index (χ3n) is 4.20. The van der Waals surface area contributed by atoms with Crippen LogP contribution in [0.4, 0.5) is 0 Å². The highest BCUT2D eigenvalue weighted by Gasteiger charge is 2.22. The molecule has 1 N–H and O–H groups in total. The first-order valence-electron chi connectivity index (χ1n) is 8.50. The fraction of sp³-hybridized carbons (Fsp3) is 0.368. The van der Waals surface area contributed by atoms with Gasteiger partial charge in [-0.2, -0.15) is 0 Å². The van der Waals surface area contributed by atoms with E-state index in [4.69, 9.17) is 4.74 Å². The average molecular weight is 360 g/mol. The van der Waals surface area contributed by atoms with Crippen LogP contribution in [-0.4, -0.2) is 45.7 Å². The number of morpholine rings is 1. The highest BCUT2D eigenvalue weighted by atomic mass is 32.2. The van der Waals surface area contributed by atoms with Crippen LogP contribution in [0.1, 0.15) is 11.1 Å². The standard InChI is InChI=1S/C19H24N2O3S/c22-25(23,16-18-9-5-2-6-10-18)20-13-19-15-21(11-12-24-19)14-17-7-3-1-4-8-17/h1-10,19-20H,11-16H2/t19-/m1/s1. The van der Waals surface area contributed by atoms with E-state index in [0.717, 1.165) is 25.2 Å². The van der Waals surface area contributed by atoms with E-state index in [2.05, 4.69) is 21.8 Å². The van der Waals surface area contributed by atoms with E-state index in [9.17, 15) is 8.42 Å². The van der Waals surface area contributed by atoms with Crippen LogP contribution in [0.25, 0.3) is 0 Å². The maximum atomic E-state index is 12.2. The van der Waals surface area contributed by atoms with E-state index < -0.39 is 10.0 Å². The van der Waals surface area contributed by atoms with E-state index in [1.54, 1.807) is 0 Å². The topological polar surface area (TPSA) is 58.6 Å². The molecule has 1 aliphatic rings. The van der Waals surface area contributed by atoms with E-state index >= 15 is 0 Å². The molecule has 134 valence electrons. The number of hydrogen-bond acceptors (Lipinski definition) is 4. The maximum Gasteiger partial charge on any atom is 0.215 e. The van der Waals surface area contributed by atoms with Gasteiger partial charge in [-0.15, -0.1) is 0 Å². The van der Waals surface area contributed by atoms with Gasteiger partial charge >= 0.3 is 0 Å². The number of rotatable bonds is 7. The number of nitrogens with zero attached hydrogens (tertiary/aromatic N) is 1. The molecule has 0 spiro atoms. The Morgan fingerprint density at radius 1 is 1.00 bits per heavy atom. The molecule has 2 aromatic rings. The van der Waals surface area contributed by atoms with Gasteiger partial charge in [-0.1, -0.05) is 60.7 Å². The lowest BCUT2D eigenvalue weighted by atomic mass is 10.2. The highest BCUT2D eigenvalue weighted by Crippen LogP contribution is 2.11. The fourth-order valence-electron chi connectivity index (χ4n) is 2.95. The minimum absolute atomic E-state index is 0.00567. The van der Waals surface area contributed by atoms with E-state index in [0.29, 0.717) is 13.2 Å². The molecule has 1 saturated heterocycles. The Morgan fingerprint density at radius 2 is 1.64 bits per heavy atom. The van der Waals surface area contributed by atoms with Gasteiger partial charge in [0.15, 0.2) is 0 Å². The third-order valence-corrected chi connectivity index (χ3v) is 5.52. The molecule has 1 heterocycles. The summed E-state index contributed by atoms with van der Waals surface area (Å²) in [6, 6.07) is 19.5. The van der Waals surface area contributed by atoms with Crippen molar-refractivity contribution in [1.29, 1.82) is 0 Å². The summed E-state index contributed by atoms with van der Waals surface area (Å²) in [7, 11) is -3.36. The molecule has 25 heavy (non-hydrogen) atoms. The first-order valence-corrected chi connectivity index (χ1v) is 10.1. The van der Waals surface area contributed by atoms with Crippen molar-refractivity contribution in [3.63, 3.8) is 0 Å². The van der Waals surface area contributed by atoms with Crippen molar-refractivity contribution in [1.82, 2.24) is 9.62 Å². The lowest BCUT2D eigenvalue weighted by Crippen LogP contribution is -2.47. The number of benzene rings is 2. The van der Waals surface area contributed by atoms with Gasteiger partial charge in [-0.25, -0.2) is 13.1 Å². The summed E-state index contributed by atoms with van der Waals surface area (Å²) in [4.78, 5) is 2.30. The normalized spacial score (nSPS) is 19.0. The molecule has 5 nitrogen and oxygen atoms in total. The number of sulfonamides is 1. The second-order valence-corrected chi connectivity index (χ2v) is 8.11. The number of ether oxygens (including phenoxy) is 1. The van der Waals surface area contributed by atoms with Crippen LogP contribution in [0.2, 0.25) is 0 Å². The van der Waals surface area contributed by atoms with Crippen molar-refractivity contribution >= 4 is 10.0 Å². The smallest absolute Gasteiger partial charge is 0.215 e. The van der Waals surface area contributed by atoms with Crippen molar-refractivity contribution in [3.05, 3.63) is 71.8 Å². The fourth-order valence-corrected chi connectivity index (χ4v) is 4.13. The van der Waals surface area contributed by atoms with Gasteiger partial charge < -0.3 is 4.74 Å². The van der Waals surface area contributed by atoms with Gasteiger partial charge in [0.05, 0.1) is 18.5 Å². The van der Waals surface area contributed by atoms with Crippen LogP contribution in [0.3, 0.4) is 0 Å². The summed E-state index contributed by atoms with van der Waals surface area (Å²) in [5, 5.41) is 0. The summed E-state index contributed by atoms with van der Waals surface area (Å²) in [5.41, 5.74) is 2.04. The van der Waals surface area contributed by atoms with Gasteiger partial charge in [-0.05, 0) is 11.1 Å². The Kier molecular flexibility index (Phi) is 6.20. The predicted molar refractivity (Wildman–Crippen MR) is 98.5 cm³/mol. The summed E-state index contributed by atoms with van der Waals surface area (Å²) >= 11 is 0. The van der Waals surface area contributed by atoms with Gasteiger partial charge in [0, 0.05) is 26.2 Å². The minimum Gasteiger partial charge on any atom is -0.374 e. The molecule has 0 radical (unpaired) electrons. The summed E-state index contributed by atoms with van der Waals surface area (Å²) in [6.45, 7) is 3.38. The summed E-state index contributed by atoms with van der Waals surface area (Å²) < 4.78 is 32.9. The van der Waals surface area contributed by atoms with E-state index in [1.807, 2.05) is 48.5 Å². The van der Waals surface area contributed by atoms with Crippen LogP contribution in [0.5, 0.6) is 0 Å². The molecule has 0 saturated carbocycles. The molecular formula is C19H24N2O3S. The van der Waals surface area contributed by atoms with Crippen molar-refractivity contribution in [3.8, 4) is 0 Å². The molecule has 0 aliphatic carbocycles. The molecular weight excluding hydrogens is 336 g/mol. The van der Waals surface area contributed by atoms with E-state index in [1.165, 1.54) is 5.56 Å². The van der Waals surface area contributed by atoms with Crippen molar-refractivity contribution in [2.75, 3.05) is 26.2 Å². The molecule has 1 fully saturated rings. The lowest BCUT2D eigenvalue weighted by Gasteiger charge is -2.33. The zero-order chi connectivity index (χ0) is 17.5. The largest absolute Gasteiger partial charge is 0.374 e. The first kappa shape index (κ1) is 18.1. The Balaban J connectivity index is 1.49. The van der Waals surface area contributed by atoms with Crippen LogP contribution >= 0.6 is 0 Å². The van der Waals surface area contributed by atoms with Gasteiger partial charge in [-0.3, -0.25) is 4.90 Å². The Morgan fingerprint density at radius 3 is 2.32 bits per heavy atom. The maximum absolute atomic E-state index is 12.2. The van der Waals surface area contributed by atoms with Crippen molar-refractivity contribution in [2.45, 2.75) is 18.4 Å². The molecule has 0 unspecified atom stereocenters. The molecule has 2 aromatic carbocycles. The first-order chi connectivity index (χ1) is 12.1. The summed E-state index contributed by atoms with van der Waals surface area (Å²) in [5.74, 6) is -0.00567. The zero-order valence-electron chi connectivity index (χ0n) is 14.2. The van der Waals surface area contributed by atoms with Crippen LogP contribution in [0.15, 0.2) is 60.7 Å². The third kappa shape index (κ3) is 5.93. The Hall–Kier alpha value is -1.73. The van der Waals surface area contributed by atoms with Gasteiger partial charge in [0.1, 0.15) is 0 Å². The van der Waals surface area contributed by atoms with Gasteiger partial charge in [0.2, 0.25) is 10.0 Å². The zero-order valence-corrected chi connectivity index (χ0v) is 15.0. The lowest BCUT2D eigenvalue weighted by molar-refractivity contribution is -0.0276. The molecule has 3 rings (SSSR count). The van der Waals surface area contributed by atoms with Crippen LogP contribution in [0, 0.1) is 0 Å². The predicted octanol–water partition coefficient (Wildman–Crippen LogP) is 2.01. The molecule has 6 heteroatoms. The second kappa shape index (κ2) is 8.58. The van der Waals surface area contributed by atoms with E-state index in [-0.39, 0.29) is 11.9 Å². The molecule has 0 aromatic heterocycles. The number of hydrogen-bond donors (Lipinski definition) is 1. The number of nitrogens with one attached hydrogen (secondary N) is 1. The van der Waals surface area contributed by atoms with Crippen molar-refractivity contribution < 1.29 is 13.2 Å². The molecule has 1 aliphatic heterocycles. The average Bonchev–Trinajstić information content (AvgIpc) is 2.62. The quantitative estimate of drug-likeness (QED) is 0.821. The SMILES string of the molecule is O=S(=O)(Cc1ccccc1)NC[C@@H]1CN(Cc2ccccc2)CCO1. The molecule has 0 bridgehead atoms. The van der Waals surface area contributed by atoms with Crippen molar-refractivity contribution in [2.24, 2.45) is 0 Å². The minimum atomic E-state index is -3.36. The van der Waals surface area contributed by atoms with Gasteiger partial charge in [0.25, 0.3) is 0 Å². The molecule has 1 atom stereocenters. The monoisotopic (exact) mass is 360 g/mol. The second-order valence-electron chi connectivity index (χ2n) is 6.31. The van der Waals surface area contributed by atoms with Crippen LogP contribution < -0.4 is 4.72 Å². The molecule has 0 amide bonds.